The maximum Gasteiger partial charge on any atom is 4.00 e. The van der Waals surface area contributed by atoms with Gasteiger partial charge in [-0.3, -0.25) is 18.2 Å². The molecule has 0 amide bonds. The van der Waals surface area contributed by atoms with Crippen LogP contribution in [-0.2, 0) is 26.2 Å². The molecule has 3 aliphatic carbocycles. The summed E-state index contributed by atoms with van der Waals surface area (Å²) in [6, 6.07) is 0. The molecule has 0 N–H and O–H groups in total. The van der Waals surface area contributed by atoms with Crippen molar-refractivity contribution in [2.75, 3.05) is 0 Å². The summed E-state index contributed by atoms with van der Waals surface area (Å²) in [6.45, 7) is 0. The number of hydrogen-bond donors (Lipinski definition) is 0. The van der Waals surface area contributed by atoms with E-state index in [-0.39, 0.29) is 38.6 Å². The van der Waals surface area contributed by atoms with Crippen LogP contribution in [0.3, 0.4) is 0 Å². The summed E-state index contributed by atoms with van der Waals surface area (Å²) in [4.78, 5) is 0. The normalized spacial score (nSPS) is 15.5. The fourth-order valence-corrected chi connectivity index (χ4v) is 1.02. The van der Waals surface area contributed by atoms with Gasteiger partial charge in [0.15, 0.2) is 0 Å². The third-order valence-electron chi connectivity index (χ3n) is 1.76. The van der Waals surface area contributed by atoms with Gasteiger partial charge in [0, 0.05) is 0 Å². The van der Waals surface area contributed by atoms with Crippen LogP contribution in [0, 0.1) is 18.2 Å². The third-order valence-corrected chi connectivity index (χ3v) is 1.76. The van der Waals surface area contributed by atoms with Gasteiger partial charge in [-0.05, 0) is 0 Å². The van der Waals surface area contributed by atoms with Crippen LogP contribution in [0.1, 0.15) is 19.3 Å². The average molecular weight is 322 g/mol. The molecular weight excluding hydrogens is 307 g/mol. The maximum atomic E-state index is 2.99. The second-order valence-electron chi connectivity index (χ2n) is 3.01. The molecule has 0 aromatic rings. The Morgan fingerprint density at radius 2 is 0.882 bits per heavy atom. The van der Waals surface area contributed by atoms with E-state index in [1.165, 1.54) is 0 Å². The van der Waals surface area contributed by atoms with E-state index in [1.54, 1.807) is 0 Å². The zero-order chi connectivity index (χ0) is 10.6. The van der Waals surface area contributed by atoms with E-state index in [9.17, 15) is 0 Å². The van der Waals surface area contributed by atoms with Crippen LogP contribution >= 0.6 is 0 Å². The van der Waals surface area contributed by atoms with Crippen molar-refractivity contribution in [3.63, 3.8) is 0 Å². The van der Waals surface area contributed by atoms with Gasteiger partial charge in [-0.15, -0.1) is 19.3 Å². The van der Waals surface area contributed by atoms with Gasteiger partial charge in [-0.25, -0.2) is 36.5 Å². The molecule has 86 valence electrons. The summed E-state index contributed by atoms with van der Waals surface area (Å²) < 4.78 is 0. The van der Waals surface area contributed by atoms with Crippen LogP contribution in [0.5, 0.6) is 0 Å². The zero-order valence-corrected chi connectivity index (χ0v) is 12.9. The summed E-state index contributed by atoms with van der Waals surface area (Å²) in [5.74, 6) is 0. The Morgan fingerprint density at radius 1 is 0.588 bits per heavy atom. The van der Waals surface area contributed by atoms with Gasteiger partial charge in [0.25, 0.3) is 0 Å². The third kappa shape index (κ3) is 13.5. The second-order valence-corrected chi connectivity index (χ2v) is 3.01. The van der Waals surface area contributed by atoms with E-state index in [0.29, 0.717) is 0 Å². The Bertz CT molecular complexity index is 238. The Labute approximate surface area is 130 Å². The minimum absolute atomic E-state index is 0. The van der Waals surface area contributed by atoms with Gasteiger partial charge in [-0.1, -0.05) is 0 Å². The molecular formula is C15H15ClZr. The topological polar surface area (TPSA) is 0 Å². The quantitative estimate of drug-likeness (QED) is 0.582. The molecule has 0 saturated heterocycles. The number of rotatable bonds is 0. The SMILES string of the molecule is [C-]1=CC=CC1.[C-]1=CC=CC1.[C-]1=CC=CC1.[Cl-].[Zr+4]. The van der Waals surface area contributed by atoms with E-state index < -0.39 is 0 Å². The Kier molecular flexibility index (Phi) is 17.4. The molecule has 0 aliphatic heterocycles. The van der Waals surface area contributed by atoms with E-state index >= 15 is 0 Å². The van der Waals surface area contributed by atoms with Gasteiger partial charge >= 0.3 is 26.2 Å². The van der Waals surface area contributed by atoms with Crippen molar-refractivity contribution in [3.05, 3.63) is 72.9 Å². The van der Waals surface area contributed by atoms with Crippen LogP contribution in [0.2, 0.25) is 0 Å². The maximum absolute atomic E-state index is 2.99. The Hall–Kier alpha value is -0.387. The van der Waals surface area contributed by atoms with Gasteiger partial charge in [0.1, 0.15) is 0 Å². The molecule has 0 unspecified atom stereocenters. The minimum Gasteiger partial charge on any atom is -1.00 e. The average Bonchev–Trinajstić information content (AvgIpc) is 3.09. The molecule has 0 aromatic heterocycles. The molecule has 0 atom stereocenters. The summed E-state index contributed by atoms with van der Waals surface area (Å²) >= 11 is 0. The van der Waals surface area contributed by atoms with Crippen LogP contribution in [0.25, 0.3) is 0 Å². The van der Waals surface area contributed by atoms with Crippen LogP contribution in [0.4, 0.5) is 0 Å². The summed E-state index contributed by atoms with van der Waals surface area (Å²) in [5, 5.41) is 0. The van der Waals surface area contributed by atoms with Crippen LogP contribution in [-0.4, -0.2) is 0 Å². The molecule has 0 saturated carbocycles. The van der Waals surface area contributed by atoms with E-state index in [2.05, 4.69) is 36.5 Å². The van der Waals surface area contributed by atoms with Gasteiger partial charge in [-0.2, -0.15) is 18.2 Å². The standard InChI is InChI=1S/3C5H5.ClH.Zr/c3*1-2-4-5-3-1;;/h3*1-3H,4H2;1H;/q3*-1;;+4/p-1. The summed E-state index contributed by atoms with van der Waals surface area (Å²) in [6.07, 6.45) is 30.0. The molecule has 3 aliphatic rings. The molecule has 0 nitrogen and oxygen atoms in total. The van der Waals surface area contributed by atoms with Crippen LogP contribution in [0.15, 0.2) is 54.7 Å². The first-order valence-corrected chi connectivity index (χ1v) is 5.15. The molecule has 0 spiro atoms. The molecule has 3 rings (SSSR count). The fraction of sp³-hybridized carbons (Fsp3) is 0.200. The first-order chi connectivity index (χ1) is 7.50. The number of halogens is 1. The first-order valence-electron chi connectivity index (χ1n) is 5.15. The number of allylic oxidation sites excluding steroid dienone is 12. The van der Waals surface area contributed by atoms with Gasteiger partial charge in [0.2, 0.25) is 0 Å². The van der Waals surface area contributed by atoms with Crippen LogP contribution < -0.4 is 12.4 Å². The smallest absolute Gasteiger partial charge is 1.00 e. The second kappa shape index (κ2) is 15.6. The number of hydrogen-bond acceptors (Lipinski definition) is 0. The van der Waals surface area contributed by atoms with Crippen molar-refractivity contribution < 1.29 is 38.6 Å². The monoisotopic (exact) mass is 320 g/mol. The Morgan fingerprint density at radius 3 is 0.941 bits per heavy atom. The van der Waals surface area contributed by atoms with Crippen molar-refractivity contribution in [3.8, 4) is 0 Å². The molecule has 0 bridgehead atoms. The molecule has 17 heavy (non-hydrogen) atoms. The molecule has 0 fully saturated rings. The molecule has 2 heteroatoms. The van der Waals surface area contributed by atoms with Gasteiger partial charge in [0.05, 0.1) is 0 Å². The van der Waals surface area contributed by atoms with Crippen molar-refractivity contribution in [2.45, 2.75) is 19.3 Å². The first kappa shape index (κ1) is 19.0. The molecule has 0 radical (unpaired) electrons. The predicted molar refractivity (Wildman–Crippen MR) is 64.7 cm³/mol. The molecule has 0 heterocycles. The fourth-order valence-electron chi connectivity index (χ4n) is 1.02. The van der Waals surface area contributed by atoms with E-state index in [1.807, 2.05) is 36.5 Å². The van der Waals surface area contributed by atoms with Gasteiger partial charge < -0.3 is 12.4 Å². The van der Waals surface area contributed by atoms with E-state index in [4.69, 9.17) is 0 Å². The summed E-state index contributed by atoms with van der Waals surface area (Å²) in [7, 11) is 0. The molecule has 0 aromatic carbocycles. The van der Waals surface area contributed by atoms with Crippen molar-refractivity contribution in [1.29, 1.82) is 0 Å². The summed E-state index contributed by atoms with van der Waals surface area (Å²) in [5.41, 5.74) is 0. The minimum atomic E-state index is 0. The predicted octanol–water partition coefficient (Wildman–Crippen LogP) is 0.919. The van der Waals surface area contributed by atoms with Crippen molar-refractivity contribution in [2.24, 2.45) is 0 Å². The van der Waals surface area contributed by atoms with E-state index in [0.717, 1.165) is 19.3 Å². The largest absolute Gasteiger partial charge is 4.00 e. The van der Waals surface area contributed by atoms with Crippen molar-refractivity contribution in [1.82, 2.24) is 0 Å². The van der Waals surface area contributed by atoms with Crippen molar-refractivity contribution >= 4 is 0 Å². The zero-order valence-electron chi connectivity index (χ0n) is 9.70. The Balaban J connectivity index is 0.